The number of amides is 1. The van der Waals surface area contributed by atoms with Crippen molar-refractivity contribution >= 4 is 45.8 Å². The van der Waals surface area contributed by atoms with Crippen molar-refractivity contribution < 1.29 is 23.1 Å². The Balaban J connectivity index is 3.05. The molecule has 0 aliphatic rings. The van der Waals surface area contributed by atoms with Gasteiger partial charge in [0.2, 0.25) is 5.60 Å². The van der Waals surface area contributed by atoms with Crippen LogP contribution in [0, 0.1) is 10.5 Å². The average Bonchev–Trinajstić information content (AvgIpc) is 2.28. The largest absolute Gasteiger partial charge is 0.426 e. The molecule has 0 saturated carbocycles. The highest BCUT2D eigenvalue weighted by molar-refractivity contribution is 14.1. The fourth-order valence-corrected chi connectivity index (χ4v) is 1.91. The van der Waals surface area contributed by atoms with Crippen molar-refractivity contribution in [3.63, 3.8) is 0 Å². The molecular weight excluding hydrogens is 397 g/mol. The van der Waals surface area contributed by atoms with E-state index in [0.29, 0.717) is 21.1 Å². The van der Waals surface area contributed by atoms with Crippen LogP contribution in [0.15, 0.2) is 12.1 Å². The molecule has 0 bridgehead atoms. The summed E-state index contributed by atoms with van der Waals surface area (Å²) in [6, 6.07) is 2.97. The molecule has 8 heteroatoms. The van der Waals surface area contributed by atoms with Crippen molar-refractivity contribution in [2.45, 2.75) is 25.6 Å². The highest BCUT2D eigenvalue weighted by atomic mass is 127. The quantitative estimate of drug-likeness (QED) is 0.737. The molecule has 1 amide bonds. The van der Waals surface area contributed by atoms with Crippen molar-refractivity contribution in [3.05, 3.63) is 26.3 Å². The Morgan fingerprint density at radius 3 is 2.42 bits per heavy atom. The van der Waals surface area contributed by atoms with E-state index in [2.05, 4.69) is 0 Å². The molecule has 1 aromatic rings. The molecule has 0 radical (unpaired) electrons. The summed E-state index contributed by atoms with van der Waals surface area (Å²) in [6.07, 6.45) is -5.06. The third-order valence-electron chi connectivity index (χ3n) is 2.58. The number of carbonyl (C=O) groups is 1. The lowest BCUT2D eigenvalue weighted by atomic mass is 10.1. The molecule has 1 rings (SSSR count). The Morgan fingerprint density at radius 2 is 1.95 bits per heavy atom. The number of hydrogen-bond donors (Lipinski definition) is 2. The van der Waals surface area contributed by atoms with Gasteiger partial charge in [0.25, 0.3) is 5.91 Å². The number of alkyl halides is 3. The van der Waals surface area contributed by atoms with Crippen molar-refractivity contribution in [2.75, 3.05) is 5.32 Å². The van der Waals surface area contributed by atoms with Gasteiger partial charge in [0.15, 0.2) is 0 Å². The fourth-order valence-electron chi connectivity index (χ4n) is 1.16. The number of aliphatic hydroxyl groups is 1. The highest BCUT2D eigenvalue weighted by Gasteiger charge is 2.55. The van der Waals surface area contributed by atoms with Crippen LogP contribution in [0.1, 0.15) is 12.5 Å². The standard InChI is InChI=1S/C11H10ClF3INO2/c1-5-7(4-3-6(16)8(5)12)17-9(18)10(2,19)11(13,14)15/h3-4,19H,1-2H3,(H,17,18). The van der Waals surface area contributed by atoms with Crippen LogP contribution in [-0.2, 0) is 4.79 Å². The molecule has 0 aliphatic carbocycles. The molecule has 3 nitrogen and oxygen atoms in total. The summed E-state index contributed by atoms with van der Waals surface area (Å²) in [7, 11) is 0. The van der Waals surface area contributed by atoms with Crippen LogP contribution in [0.4, 0.5) is 18.9 Å². The van der Waals surface area contributed by atoms with Gasteiger partial charge in [-0.3, -0.25) is 4.79 Å². The van der Waals surface area contributed by atoms with E-state index < -0.39 is 17.7 Å². The first-order chi connectivity index (χ1) is 8.48. The van der Waals surface area contributed by atoms with Crippen molar-refractivity contribution in [1.82, 2.24) is 0 Å². The van der Waals surface area contributed by atoms with E-state index in [1.165, 1.54) is 6.07 Å². The Labute approximate surface area is 126 Å². The van der Waals surface area contributed by atoms with Crippen LogP contribution in [0.5, 0.6) is 0 Å². The van der Waals surface area contributed by atoms with Crippen LogP contribution in [0.3, 0.4) is 0 Å². The minimum absolute atomic E-state index is 0.125. The zero-order chi connectivity index (χ0) is 15.0. The molecule has 1 aromatic carbocycles. The zero-order valence-corrected chi connectivity index (χ0v) is 12.8. The molecule has 0 spiro atoms. The molecule has 0 aliphatic heterocycles. The minimum Gasteiger partial charge on any atom is -0.373 e. The summed E-state index contributed by atoms with van der Waals surface area (Å²) < 4.78 is 38.2. The second-order valence-electron chi connectivity index (χ2n) is 4.06. The topological polar surface area (TPSA) is 49.3 Å². The lowest BCUT2D eigenvalue weighted by Crippen LogP contribution is -2.52. The van der Waals surface area contributed by atoms with Gasteiger partial charge in [-0.05, 0) is 54.1 Å². The smallest absolute Gasteiger partial charge is 0.373 e. The Hall–Kier alpha value is -0.540. The van der Waals surface area contributed by atoms with E-state index in [9.17, 15) is 23.1 Å². The van der Waals surface area contributed by atoms with Crippen LogP contribution >= 0.6 is 34.2 Å². The third kappa shape index (κ3) is 3.32. The molecule has 106 valence electrons. The summed E-state index contributed by atoms with van der Waals surface area (Å²) >= 11 is 7.88. The molecule has 0 saturated heterocycles. The summed E-state index contributed by atoms with van der Waals surface area (Å²) in [5.41, 5.74) is -2.91. The van der Waals surface area contributed by atoms with Gasteiger partial charge in [0, 0.05) is 9.26 Å². The third-order valence-corrected chi connectivity index (χ3v) is 4.29. The lowest BCUT2D eigenvalue weighted by molar-refractivity contribution is -0.242. The molecule has 1 unspecified atom stereocenters. The maximum atomic E-state index is 12.5. The van der Waals surface area contributed by atoms with Gasteiger partial charge < -0.3 is 10.4 Å². The van der Waals surface area contributed by atoms with E-state index in [1.807, 2.05) is 27.9 Å². The van der Waals surface area contributed by atoms with E-state index in [-0.39, 0.29) is 5.69 Å². The van der Waals surface area contributed by atoms with Crippen molar-refractivity contribution in [1.29, 1.82) is 0 Å². The van der Waals surface area contributed by atoms with Gasteiger partial charge in [0.1, 0.15) is 0 Å². The van der Waals surface area contributed by atoms with Crippen LogP contribution < -0.4 is 5.32 Å². The Morgan fingerprint density at radius 1 is 1.42 bits per heavy atom. The summed E-state index contributed by atoms with van der Waals surface area (Å²) in [6.45, 7) is 1.95. The number of benzene rings is 1. The van der Waals surface area contributed by atoms with E-state index in [0.717, 1.165) is 0 Å². The number of nitrogens with one attached hydrogen (secondary N) is 1. The number of halogens is 5. The maximum absolute atomic E-state index is 12.5. The summed E-state index contributed by atoms with van der Waals surface area (Å²) in [5.74, 6) is -1.56. The minimum atomic E-state index is -5.06. The number of hydrogen-bond acceptors (Lipinski definition) is 2. The normalized spacial score (nSPS) is 14.9. The SMILES string of the molecule is Cc1c(NC(=O)C(C)(O)C(F)(F)F)ccc(I)c1Cl. The first-order valence-electron chi connectivity index (χ1n) is 5.03. The molecule has 2 N–H and O–H groups in total. The highest BCUT2D eigenvalue weighted by Crippen LogP contribution is 2.33. The van der Waals surface area contributed by atoms with Crippen LogP contribution in [-0.4, -0.2) is 22.8 Å². The average molecular weight is 408 g/mol. The lowest BCUT2D eigenvalue weighted by Gasteiger charge is -2.25. The second-order valence-corrected chi connectivity index (χ2v) is 5.60. The van der Waals surface area contributed by atoms with Crippen molar-refractivity contribution in [2.24, 2.45) is 0 Å². The molecule has 19 heavy (non-hydrogen) atoms. The van der Waals surface area contributed by atoms with Gasteiger partial charge in [0.05, 0.1) is 5.02 Å². The first-order valence-corrected chi connectivity index (χ1v) is 6.49. The Bertz CT molecular complexity index is 517. The van der Waals surface area contributed by atoms with E-state index in [4.69, 9.17) is 11.6 Å². The summed E-state index contributed by atoms with van der Waals surface area (Å²) in [5, 5.41) is 11.6. The van der Waals surface area contributed by atoms with Gasteiger partial charge >= 0.3 is 6.18 Å². The van der Waals surface area contributed by atoms with Crippen LogP contribution in [0.25, 0.3) is 0 Å². The Kier molecular flexibility index (Phi) is 4.74. The molecule has 0 fully saturated rings. The van der Waals surface area contributed by atoms with Crippen LogP contribution in [0.2, 0.25) is 5.02 Å². The number of carbonyl (C=O) groups excluding carboxylic acids is 1. The predicted octanol–water partition coefficient (Wildman–Crippen LogP) is 3.50. The molecule has 0 heterocycles. The molecular formula is C11H10ClF3INO2. The number of anilines is 1. The zero-order valence-electron chi connectivity index (χ0n) is 9.90. The summed E-state index contributed by atoms with van der Waals surface area (Å²) in [4.78, 5) is 11.5. The van der Waals surface area contributed by atoms with E-state index in [1.54, 1.807) is 13.0 Å². The van der Waals surface area contributed by atoms with Crippen molar-refractivity contribution in [3.8, 4) is 0 Å². The van der Waals surface area contributed by atoms with Gasteiger partial charge in [-0.1, -0.05) is 11.6 Å². The molecule has 1 atom stereocenters. The van der Waals surface area contributed by atoms with E-state index >= 15 is 0 Å². The second kappa shape index (κ2) is 5.45. The van der Waals surface area contributed by atoms with Gasteiger partial charge in [-0.15, -0.1) is 0 Å². The number of rotatable bonds is 2. The first kappa shape index (κ1) is 16.5. The monoisotopic (exact) mass is 407 g/mol. The predicted molar refractivity (Wildman–Crippen MR) is 74.2 cm³/mol. The fraction of sp³-hybridized carbons (Fsp3) is 0.364. The van der Waals surface area contributed by atoms with Gasteiger partial charge in [-0.2, -0.15) is 13.2 Å². The molecule has 0 aromatic heterocycles. The maximum Gasteiger partial charge on any atom is 0.426 e. The van der Waals surface area contributed by atoms with Gasteiger partial charge in [-0.25, -0.2) is 0 Å².